The van der Waals surface area contributed by atoms with Crippen LogP contribution in [0.15, 0.2) is 18.3 Å². The number of rotatable bonds is 5. The summed E-state index contributed by atoms with van der Waals surface area (Å²) in [6, 6.07) is 3.40. The molecule has 1 aromatic rings. The summed E-state index contributed by atoms with van der Waals surface area (Å²) in [5.41, 5.74) is 5.22. The van der Waals surface area contributed by atoms with E-state index in [4.69, 9.17) is 5.73 Å². The van der Waals surface area contributed by atoms with Gasteiger partial charge in [0.2, 0.25) is 5.91 Å². The van der Waals surface area contributed by atoms with Gasteiger partial charge in [-0.2, -0.15) is 0 Å². The molecule has 6 nitrogen and oxygen atoms in total. The third kappa shape index (κ3) is 4.57. The first kappa shape index (κ1) is 14.9. The lowest BCUT2D eigenvalue weighted by atomic mass is 10.0. The summed E-state index contributed by atoms with van der Waals surface area (Å²) in [5.74, 6) is 0.119. The number of hydrogen-bond acceptors (Lipinski definition) is 4. The van der Waals surface area contributed by atoms with E-state index in [1.165, 1.54) is 11.1 Å². The fourth-order valence-corrected chi connectivity index (χ4v) is 1.68. The number of nitrogens with one attached hydrogen (secondary N) is 1. The van der Waals surface area contributed by atoms with Crippen LogP contribution in [0.1, 0.15) is 30.6 Å². The van der Waals surface area contributed by atoms with Crippen LogP contribution in [0, 0.1) is 0 Å². The van der Waals surface area contributed by atoms with Crippen LogP contribution >= 0.6 is 0 Å². The predicted molar refractivity (Wildman–Crippen MR) is 73.8 cm³/mol. The van der Waals surface area contributed by atoms with Crippen LogP contribution < -0.4 is 11.1 Å². The molecule has 0 fully saturated rings. The first-order valence-electron chi connectivity index (χ1n) is 5.95. The number of nitrogens with zero attached hydrogens (tertiary/aromatic N) is 2. The number of nitrogens with two attached hydrogens (primary N) is 1. The Kier molecular flexibility index (Phi) is 4.47. The van der Waals surface area contributed by atoms with Gasteiger partial charge in [0.15, 0.2) is 0 Å². The highest BCUT2D eigenvalue weighted by atomic mass is 16.2. The second-order valence-electron chi connectivity index (χ2n) is 5.28. The number of hydrogen-bond donors (Lipinski definition) is 2. The molecule has 0 unspecified atom stereocenters. The lowest BCUT2D eigenvalue weighted by Crippen LogP contribution is -2.36. The third-order valence-electron chi connectivity index (χ3n) is 2.50. The molecule has 2 amide bonds. The molecular weight excluding hydrogens is 244 g/mol. The van der Waals surface area contributed by atoms with Gasteiger partial charge in [0.1, 0.15) is 5.82 Å². The molecule has 0 aromatic carbocycles. The average Bonchev–Trinajstić information content (AvgIpc) is 2.26. The SMILES string of the molecule is CN(C)C(=O)c1ccc(NC(C)(C)CC(N)=O)nc1. The topological polar surface area (TPSA) is 88.3 Å². The number of aromatic nitrogens is 1. The van der Waals surface area contributed by atoms with Crippen molar-refractivity contribution in [2.45, 2.75) is 25.8 Å². The Morgan fingerprint density at radius 2 is 2.00 bits per heavy atom. The fraction of sp³-hybridized carbons (Fsp3) is 0.462. The molecule has 0 aliphatic heterocycles. The zero-order chi connectivity index (χ0) is 14.6. The fourth-order valence-electron chi connectivity index (χ4n) is 1.68. The van der Waals surface area contributed by atoms with Gasteiger partial charge in [0, 0.05) is 32.3 Å². The summed E-state index contributed by atoms with van der Waals surface area (Å²) in [5, 5.41) is 3.11. The normalized spacial score (nSPS) is 10.9. The zero-order valence-electron chi connectivity index (χ0n) is 11.7. The molecule has 104 valence electrons. The molecule has 1 aromatic heterocycles. The molecule has 0 spiro atoms. The quantitative estimate of drug-likeness (QED) is 0.825. The molecule has 0 radical (unpaired) electrons. The highest BCUT2D eigenvalue weighted by Gasteiger charge is 2.20. The Labute approximate surface area is 113 Å². The average molecular weight is 264 g/mol. The minimum atomic E-state index is -0.480. The molecule has 1 rings (SSSR count). The van der Waals surface area contributed by atoms with E-state index in [0.29, 0.717) is 11.4 Å². The van der Waals surface area contributed by atoms with Crippen molar-refractivity contribution >= 4 is 17.6 Å². The van der Waals surface area contributed by atoms with Crippen LogP contribution in [-0.4, -0.2) is 41.3 Å². The second-order valence-corrected chi connectivity index (χ2v) is 5.28. The van der Waals surface area contributed by atoms with Crippen molar-refractivity contribution in [2.75, 3.05) is 19.4 Å². The summed E-state index contributed by atoms with van der Waals surface area (Å²) in [6.07, 6.45) is 1.71. The van der Waals surface area contributed by atoms with Crippen LogP contribution in [0.4, 0.5) is 5.82 Å². The second kappa shape index (κ2) is 5.69. The van der Waals surface area contributed by atoms with E-state index >= 15 is 0 Å². The van der Waals surface area contributed by atoms with Crippen molar-refractivity contribution in [3.05, 3.63) is 23.9 Å². The molecule has 0 bridgehead atoms. The van der Waals surface area contributed by atoms with Crippen molar-refractivity contribution in [2.24, 2.45) is 5.73 Å². The number of primary amides is 1. The maximum absolute atomic E-state index is 11.7. The molecule has 3 N–H and O–H groups in total. The lowest BCUT2D eigenvalue weighted by Gasteiger charge is -2.25. The number of pyridine rings is 1. The number of carbonyl (C=O) groups is 2. The standard InChI is InChI=1S/C13H20N4O2/c1-13(2,7-10(14)18)16-11-6-5-9(8-15-11)12(19)17(3)4/h5-6,8H,7H2,1-4H3,(H2,14,18)(H,15,16). The van der Waals surface area contributed by atoms with E-state index in [1.807, 2.05) is 13.8 Å². The molecule has 0 saturated carbocycles. The van der Waals surface area contributed by atoms with Gasteiger partial charge in [-0.05, 0) is 26.0 Å². The minimum absolute atomic E-state index is 0.101. The van der Waals surface area contributed by atoms with Crippen LogP contribution in [-0.2, 0) is 4.79 Å². The molecule has 6 heteroatoms. The highest BCUT2D eigenvalue weighted by molar-refractivity contribution is 5.93. The van der Waals surface area contributed by atoms with Crippen molar-refractivity contribution in [3.63, 3.8) is 0 Å². The van der Waals surface area contributed by atoms with Gasteiger partial charge in [-0.1, -0.05) is 0 Å². The van der Waals surface area contributed by atoms with Crippen molar-refractivity contribution in [1.82, 2.24) is 9.88 Å². The van der Waals surface area contributed by atoms with E-state index in [0.717, 1.165) is 0 Å². The summed E-state index contributed by atoms with van der Waals surface area (Å²) < 4.78 is 0. The molecule has 0 saturated heterocycles. The molecular formula is C13H20N4O2. The Hall–Kier alpha value is -2.11. The van der Waals surface area contributed by atoms with E-state index < -0.39 is 5.54 Å². The maximum Gasteiger partial charge on any atom is 0.254 e. The van der Waals surface area contributed by atoms with Gasteiger partial charge in [-0.15, -0.1) is 0 Å². The van der Waals surface area contributed by atoms with Gasteiger partial charge < -0.3 is 16.0 Å². The maximum atomic E-state index is 11.7. The molecule has 19 heavy (non-hydrogen) atoms. The first-order chi connectivity index (χ1) is 8.71. The number of carbonyl (C=O) groups excluding carboxylic acids is 2. The van der Waals surface area contributed by atoms with E-state index in [9.17, 15) is 9.59 Å². The van der Waals surface area contributed by atoms with Crippen LogP contribution in [0.5, 0.6) is 0 Å². The lowest BCUT2D eigenvalue weighted by molar-refractivity contribution is -0.118. The predicted octanol–water partition coefficient (Wildman–Crippen LogP) is 0.849. The molecule has 0 aliphatic carbocycles. The first-order valence-corrected chi connectivity index (χ1v) is 5.95. The van der Waals surface area contributed by atoms with E-state index in [1.54, 1.807) is 26.2 Å². The molecule has 0 atom stereocenters. The smallest absolute Gasteiger partial charge is 0.254 e. The molecule has 0 aliphatic rings. The third-order valence-corrected chi connectivity index (χ3v) is 2.50. The Morgan fingerprint density at radius 3 is 2.42 bits per heavy atom. The van der Waals surface area contributed by atoms with Crippen LogP contribution in [0.3, 0.4) is 0 Å². The highest BCUT2D eigenvalue weighted by Crippen LogP contribution is 2.16. The van der Waals surface area contributed by atoms with Gasteiger partial charge in [0.05, 0.1) is 5.56 Å². The van der Waals surface area contributed by atoms with E-state index in [2.05, 4.69) is 10.3 Å². The summed E-state index contributed by atoms with van der Waals surface area (Å²) in [7, 11) is 3.37. The van der Waals surface area contributed by atoms with Gasteiger partial charge in [0.25, 0.3) is 5.91 Å². The number of amides is 2. The Morgan fingerprint density at radius 1 is 1.37 bits per heavy atom. The van der Waals surface area contributed by atoms with Gasteiger partial charge >= 0.3 is 0 Å². The number of anilines is 1. The van der Waals surface area contributed by atoms with Crippen LogP contribution in [0.2, 0.25) is 0 Å². The molecule has 1 heterocycles. The van der Waals surface area contributed by atoms with Crippen LogP contribution in [0.25, 0.3) is 0 Å². The zero-order valence-corrected chi connectivity index (χ0v) is 11.7. The van der Waals surface area contributed by atoms with Gasteiger partial charge in [-0.25, -0.2) is 4.98 Å². The van der Waals surface area contributed by atoms with Crippen molar-refractivity contribution in [1.29, 1.82) is 0 Å². The summed E-state index contributed by atoms with van der Waals surface area (Å²) >= 11 is 0. The monoisotopic (exact) mass is 264 g/mol. The summed E-state index contributed by atoms with van der Waals surface area (Å²) in [6.45, 7) is 3.72. The minimum Gasteiger partial charge on any atom is -0.370 e. The van der Waals surface area contributed by atoms with Crippen molar-refractivity contribution in [3.8, 4) is 0 Å². The summed E-state index contributed by atoms with van der Waals surface area (Å²) in [4.78, 5) is 28.3. The largest absolute Gasteiger partial charge is 0.370 e. The van der Waals surface area contributed by atoms with Crippen molar-refractivity contribution < 1.29 is 9.59 Å². The van der Waals surface area contributed by atoms with E-state index in [-0.39, 0.29) is 18.2 Å². The van der Waals surface area contributed by atoms with Gasteiger partial charge in [-0.3, -0.25) is 9.59 Å². The Balaban J connectivity index is 2.77. The Bertz CT molecular complexity index is 466.